The van der Waals surface area contributed by atoms with Crippen LogP contribution in [0.2, 0.25) is 0 Å². The number of rotatable bonds is 7. The molecule has 1 atom stereocenters. The molecule has 0 unspecified atom stereocenters. The molecule has 0 saturated heterocycles. The number of ether oxygens (including phenoxy) is 1. The third-order valence-electron chi connectivity index (χ3n) is 5.16. The van der Waals surface area contributed by atoms with E-state index in [1.54, 1.807) is 31.2 Å². The van der Waals surface area contributed by atoms with Crippen molar-refractivity contribution in [1.82, 2.24) is 10.3 Å². The van der Waals surface area contributed by atoms with Gasteiger partial charge in [-0.3, -0.25) is 14.6 Å². The summed E-state index contributed by atoms with van der Waals surface area (Å²) in [6.45, 7) is 5.49. The number of aromatic nitrogens is 1. The number of pyridine rings is 1. The summed E-state index contributed by atoms with van der Waals surface area (Å²) in [5.74, 6) is 0.328. The quantitative estimate of drug-likeness (QED) is 0.515. The molecule has 1 heterocycles. The highest BCUT2D eigenvalue weighted by Crippen LogP contribution is 2.19. The predicted molar refractivity (Wildman–Crippen MR) is 142 cm³/mol. The van der Waals surface area contributed by atoms with Crippen LogP contribution in [0.5, 0.6) is 5.75 Å². The third kappa shape index (κ3) is 8.20. The third-order valence-corrected chi connectivity index (χ3v) is 5.16. The van der Waals surface area contributed by atoms with Crippen molar-refractivity contribution in [2.45, 2.75) is 33.2 Å². The van der Waals surface area contributed by atoms with Crippen molar-refractivity contribution in [1.29, 1.82) is 0 Å². The van der Waals surface area contributed by atoms with E-state index in [9.17, 15) is 9.59 Å². The summed E-state index contributed by atoms with van der Waals surface area (Å²) in [5.41, 5.74) is 4.20. The van der Waals surface area contributed by atoms with Gasteiger partial charge in [0.1, 0.15) is 11.8 Å². The Hall–Kier alpha value is -3.93. The SMILES string of the molecule is C/C=C\c1ccncc1C.COc1ccc(N(C)C(=O)[C@H](Cc2ccccc2)NC(C)=O)cc1.[HH].[HH]. The number of carbonyl (C=O) groups is 2. The highest BCUT2D eigenvalue weighted by molar-refractivity contribution is 5.98. The number of benzene rings is 2. The molecule has 0 aliphatic rings. The first kappa shape index (κ1) is 26.3. The fourth-order valence-corrected chi connectivity index (χ4v) is 3.31. The fraction of sp³-hybridized carbons (Fsp3) is 0.250. The second-order valence-electron chi connectivity index (χ2n) is 7.77. The summed E-state index contributed by atoms with van der Waals surface area (Å²) in [6, 6.07) is 18.2. The minimum atomic E-state index is -0.614. The highest BCUT2D eigenvalue weighted by atomic mass is 16.5. The van der Waals surface area contributed by atoms with Crippen LogP contribution in [0.15, 0.2) is 79.1 Å². The molecule has 2 aromatic carbocycles. The van der Waals surface area contributed by atoms with Crippen molar-refractivity contribution >= 4 is 23.6 Å². The molecule has 182 valence electrons. The molecule has 3 aromatic rings. The Kier molecular flexibility index (Phi) is 10.5. The zero-order valence-corrected chi connectivity index (χ0v) is 20.5. The molecular weight excluding hydrogens is 426 g/mol. The first-order chi connectivity index (χ1) is 16.3. The van der Waals surface area contributed by atoms with Gasteiger partial charge in [-0.15, -0.1) is 0 Å². The molecule has 0 aliphatic carbocycles. The van der Waals surface area contributed by atoms with Crippen molar-refractivity contribution in [3.8, 4) is 5.75 Å². The van der Waals surface area contributed by atoms with E-state index in [1.807, 2.05) is 73.9 Å². The topological polar surface area (TPSA) is 71.5 Å². The van der Waals surface area contributed by atoms with E-state index in [0.717, 1.165) is 17.0 Å². The number of hydrogen-bond donors (Lipinski definition) is 1. The predicted octanol–water partition coefficient (Wildman–Crippen LogP) is 5.32. The van der Waals surface area contributed by atoms with Crippen molar-refractivity contribution in [2.24, 2.45) is 0 Å². The van der Waals surface area contributed by atoms with Crippen LogP contribution in [0.3, 0.4) is 0 Å². The summed E-state index contributed by atoms with van der Waals surface area (Å²) >= 11 is 0. The minimum Gasteiger partial charge on any atom is -0.497 e. The Morgan fingerprint density at radius 1 is 1.12 bits per heavy atom. The molecule has 34 heavy (non-hydrogen) atoms. The Morgan fingerprint density at radius 2 is 1.79 bits per heavy atom. The number of likely N-dealkylation sites (N-methyl/N-ethyl adjacent to an activating group) is 1. The zero-order valence-electron chi connectivity index (χ0n) is 20.5. The van der Waals surface area contributed by atoms with Crippen LogP contribution in [-0.2, 0) is 16.0 Å². The minimum absolute atomic E-state index is 0. The van der Waals surface area contributed by atoms with Gasteiger partial charge in [0, 0.05) is 41.3 Å². The zero-order chi connectivity index (χ0) is 24.9. The molecule has 2 amide bonds. The molecular formula is C28H37N3O3. The van der Waals surface area contributed by atoms with Gasteiger partial charge >= 0.3 is 0 Å². The van der Waals surface area contributed by atoms with Crippen LogP contribution >= 0.6 is 0 Å². The maximum Gasteiger partial charge on any atom is 0.249 e. The van der Waals surface area contributed by atoms with E-state index < -0.39 is 6.04 Å². The number of carbonyl (C=O) groups excluding carboxylic acids is 2. The number of nitrogens with zero attached hydrogens (tertiary/aromatic N) is 2. The van der Waals surface area contributed by atoms with Gasteiger partial charge in [-0.25, -0.2) is 0 Å². The molecule has 6 heteroatoms. The van der Waals surface area contributed by atoms with Crippen LogP contribution in [0.25, 0.3) is 6.08 Å². The second-order valence-corrected chi connectivity index (χ2v) is 7.77. The summed E-state index contributed by atoms with van der Waals surface area (Å²) in [6.07, 6.45) is 8.23. The highest BCUT2D eigenvalue weighted by Gasteiger charge is 2.24. The number of allylic oxidation sites excluding steroid dienone is 1. The van der Waals surface area contributed by atoms with Gasteiger partial charge in [0.15, 0.2) is 0 Å². The number of anilines is 1. The van der Waals surface area contributed by atoms with E-state index in [4.69, 9.17) is 4.74 Å². The summed E-state index contributed by atoms with van der Waals surface area (Å²) in [5, 5.41) is 2.75. The van der Waals surface area contributed by atoms with Gasteiger partial charge in [0.2, 0.25) is 11.8 Å². The van der Waals surface area contributed by atoms with Crippen molar-refractivity contribution in [2.75, 3.05) is 19.1 Å². The van der Waals surface area contributed by atoms with Gasteiger partial charge in [-0.2, -0.15) is 0 Å². The van der Waals surface area contributed by atoms with E-state index in [2.05, 4.69) is 23.3 Å². The Labute approximate surface area is 205 Å². The van der Waals surface area contributed by atoms with Crippen molar-refractivity contribution in [3.05, 3.63) is 95.8 Å². The molecule has 0 spiro atoms. The van der Waals surface area contributed by atoms with Crippen LogP contribution < -0.4 is 15.0 Å². The van der Waals surface area contributed by atoms with Gasteiger partial charge in [-0.05, 0) is 60.9 Å². The molecule has 6 nitrogen and oxygen atoms in total. The molecule has 0 saturated carbocycles. The number of nitrogens with one attached hydrogen (secondary N) is 1. The number of hydrogen-bond acceptors (Lipinski definition) is 4. The lowest BCUT2D eigenvalue weighted by Gasteiger charge is -2.24. The van der Waals surface area contributed by atoms with Gasteiger partial charge in [-0.1, -0.05) is 42.5 Å². The van der Waals surface area contributed by atoms with Crippen LogP contribution in [0.1, 0.15) is 33.4 Å². The normalized spacial score (nSPS) is 11.2. The van der Waals surface area contributed by atoms with Gasteiger partial charge in [0.05, 0.1) is 7.11 Å². The first-order valence-electron chi connectivity index (χ1n) is 11.1. The van der Waals surface area contributed by atoms with Crippen molar-refractivity contribution < 1.29 is 17.2 Å². The molecule has 0 aliphatic heterocycles. The van der Waals surface area contributed by atoms with E-state index in [1.165, 1.54) is 18.1 Å². The first-order valence-corrected chi connectivity index (χ1v) is 11.1. The van der Waals surface area contributed by atoms with Crippen molar-refractivity contribution in [3.63, 3.8) is 0 Å². The van der Waals surface area contributed by atoms with E-state index in [0.29, 0.717) is 6.42 Å². The maximum absolute atomic E-state index is 12.8. The lowest BCUT2D eigenvalue weighted by molar-refractivity contribution is -0.126. The molecule has 1 aromatic heterocycles. The standard InChI is InChI=1S/C19H22N2O3.C9H11N.2H2/c1-14(22)20-18(13-15-7-5-4-6-8-15)19(23)21(2)16-9-11-17(24-3)12-10-16;1-3-4-9-5-6-10-7-8(9)2;;/h4-12,18H,13H2,1-3H3,(H,20,22);3-7H,1-2H3;2*1H/b;4-3-;;/t18-;;;/m0.../s1. The molecule has 0 bridgehead atoms. The van der Waals surface area contributed by atoms with Gasteiger partial charge in [0.25, 0.3) is 0 Å². The largest absolute Gasteiger partial charge is 0.497 e. The van der Waals surface area contributed by atoms with E-state index >= 15 is 0 Å². The Balaban J connectivity index is 0.000000864. The lowest BCUT2D eigenvalue weighted by atomic mass is 10.0. The summed E-state index contributed by atoms with van der Waals surface area (Å²) in [4.78, 5) is 29.8. The molecule has 3 rings (SSSR count). The summed E-state index contributed by atoms with van der Waals surface area (Å²) < 4.78 is 5.13. The monoisotopic (exact) mass is 463 g/mol. The Bertz CT molecular complexity index is 1090. The molecule has 0 fully saturated rings. The maximum atomic E-state index is 12.8. The van der Waals surface area contributed by atoms with Crippen LogP contribution in [0, 0.1) is 6.92 Å². The lowest BCUT2D eigenvalue weighted by Crippen LogP contribution is -2.48. The Morgan fingerprint density at radius 3 is 2.35 bits per heavy atom. The number of aryl methyl sites for hydroxylation is 1. The molecule has 0 radical (unpaired) electrons. The smallest absolute Gasteiger partial charge is 0.249 e. The number of amides is 2. The summed E-state index contributed by atoms with van der Waals surface area (Å²) in [7, 11) is 3.29. The van der Waals surface area contributed by atoms with Crippen LogP contribution in [0.4, 0.5) is 5.69 Å². The molecule has 1 N–H and O–H groups in total. The fourth-order valence-electron chi connectivity index (χ4n) is 3.31. The van der Waals surface area contributed by atoms with Crippen LogP contribution in [-0.4, -0.2) is 37.0 Å². The second kappa shape index (κ2) is 13.6. The van der Waals surface area contributed by atoms with Gasteiger partial charge < -0.3 is 15.0 Å². The average Bonchev–Trinajstić information content (AvgIpc) is 2.85. The number of methoxy groups -OCH3 is 1. The van der Waals surface area contributed by atoms with E-state index in [-0.39, 0.29) is 14.7 Å². The average molecular weight is 464 g/mol.